The van der Waals surface area contributed by atoms with Crippen LogP contribution in [0, 0.1) is 11.2 Å². The Balaban J connectivity index is 2.74. The molecule has 1 N–H and O–H groups in total. The Morgan fingerprint density at radius 3 is 2.58 bits per heavy atom. The van der Waals surface area contributed by atoms with Crippen LogP contribution < -0.4 is 10.1 Å². The number of methoxy groups -OCH3 is 1. The van der Waals surface area contributed by atoms with Crippen molar-refractivity contribution < 1.29 is 9.13 Å². The quantitative estimate of drug-likeness (QED) is 0.809. The molecule has 1 aromatic rings. The van der Waals surface area contributed by atoms with E-state index in [1.807, 2.05) is 13.1 Å². The average Bonchev–Trinajstić information content (AvgIpc) is 2.37. The maximum absolute atomic E-state index is 13.5. The Kier molecular flexibility index (Phi) is 6.27. The minimum Gasteiger partial charge on any atom is -0.496 e. The van der Waals surface area contributed by atoms with Gasteiger partial charge in [0.15, 0.2) is 0 Å². The van der Waals surface area contributed by atoms with Gasteiger partial charge in [0.2, 0.25) is 0 Å². The van der Waals surface area contributed by atoms with Crippen LogP contribution in [-0.4, -0.2) is 20.7 Å². The first kappa shape index (κ1) is 16.4. The summed E-state index contributed by atoms with van der Waals surface area (Å²) in [5, 5.41) is 3.18. The van der Waals surface area contributed by atoms with E-state index < -0.39 is 0 Å². The van der Waals surface area contributed by atoms with Gasteiger partial charge in [-0.15, -0.1) is 0 Å². The van der Waals surface area contributed by atoms with Gasteiger partial charge < -0.3 is 10.1 Å². The second kappa shape index (κ2) is 7.25. The van der Waals surface area contributed by atoms with Gasteiger partial charge in [0.1, 0.15) is 11.6 Å². The van der Waals surface area contributed by atoms with Crippen molar-refractivity contribution in [3.63, 3.8) is 0 Å². The van der Waals surface area contributed by atoms with Crippen LogP contribution >= 0.6 is 15.9 Å². The average molecular weight is 332 g/mol. The molecule has 0 heterocycles. The maximum atomic E-state index is 13.5. The number of benzene rings is 1. The highest BCUT2D eigenvalue weighted by molar-refractivity contribution is 9.10. The zero-order valence-corrected chi connectivity index (χ0v) is 13.7. The van der Waals surface area contributed by atoms with Gasteiger partial charge in [-0.3, -0.25) is 0 Å². The molecule has 0 aromatic heterocycles. The second-order valence-corrected chi connectivity index (χ2v) is 6.45. The normalized spacial score (nSPS) is 11.7. The lowest BCUT2D eigenvalue weighted by Crippen LogP contribution is -2.20. The Hall–Kier alpha value is -0.610. The third-order valence-corrected chi connectivity index (χ3v) is 4.05. The summed E-state index contributed by atoms with van der Waals surface area (Å²) in [6, 6.07) is 3.27. The first-order valence-electron chi connectivity index (χ1n) is 6.56. The summed E-state index contributed by atoms with van der Waals surface area (Å²) in [7, 11) is 3.55. The van der Waals surface area contributed by atoms with Crippen molar-refractivity contribution in [2.24, 2.45) is 5.41 Å². The van der Waals surface area contributed by atoms with Crippen molar-refractivity contribution in [1.82, 2.24) is 5.32 Å². The van der Waals surface area contributed by atoms with Gasteiger partial charge in [-0.2, -0.15) is 0 Å². The summed E-state index contributed by atoms with van der Waals surface area (Å²) >= 11 is 3.23. The van der Waals surface area contributed by atoms with Crippen molar-refractivity contribution in [2.45, 2.75) is 33.1 Å². The summed E-state index contributed by atoms with van der Waals surface area (Å²) < 4.78 is 19.2. The largest absolute Gasteiger partial charge is 0.496 e. The summed E-state index contributed by atoms with van der Waals surface area (Å²) in [6.45, 7) is 5.53. The molecular formula is C15H23BrFNO. The summed E-state index contributed by atoms with van der Waals surface area (Å²) in [5.74, 6) is 0.347. The highest BCUT2D eigenvalue weighted by Crippen LogP contribution is 2.32. The van der Waals surface area contributed by atoms with Gasteiger partial charge in [-0.05, 0) is 65.8 Å². The van der Waals surface area contributed by atoms with Crippen LogP contribution in [0.4, 0.5) is 4.39 Å². The molecule has 0 aliphatic carbocycles. The number of aryl methyl sites for hydroxylation is 1. The lowest BCUT2D eigenvalue weighted by molar-refractivity contribution is 0.303. The van der Waals surface area contributed by atoms with E-state index in [2.05, 4.69) is 35.1 Å². The molecule has 0 atom stereocenters. The Morgan fingerprint density at radius 1 is 1.32 bits per heavy atom. The molecule has 0 spiro atoms. The number of hydrogen-bond donors (Lipinski definition) is 1. The molecule has 0 saturated heterocycles. The Morgan fingerprint density at radius 2 is 2.00 bits per heavy atom. The number of nitrogens with one attached hydrogen (secondary N) is 1. The topological polar surface area (TPSA) is 21.3 Å². The SMILES string of the molecule is CNCCC(C)(C)CCc1cc(Br)c(F)cc1OC. The third kappa shape index (κ3) is 5.11. The Bertz CT molecular complexity index is 421. The molecule has 0 aliphatic heterocycles. The van der Waals surface area contributed by atoms with Crippen LogP contribution in [0.15, 0.2) is 16.6 Å². The van der Waals surface area contributed by atoms with Crippen LogP contribution in [0.25, 0.3) is 0 Å². The van der Waals surface area contributed by atoms with Crippen LogP contribution in [0.3, 0.4) is 0 Å². The first-order chi connectivity index (χ1) is 8.89. The number of rotatable bonds is 7. The van der Waals surface area contributed by atoms with E-state index in [0.29, 0.717) is 10.2 Å². The molecule has 0 amide bonds. The minimum absolute atomic E-state index is 0.259. The monoisotopic (exact) mass is 331 g/mol. The van der Waals surface area contributed by atoms with Crippen LogP contribution in [-0.2, 0) is 6.42 Å². The lowest BCUT2D eigenvalue weighted by Gasteiger charge is -2.25. The van der Waals surface area contributed by atoms with Crippen LogP contribution in [0.1, 0.15) is 32.3 Å². The van der Waals surface area contributed by atoms with E-state index in [4.69, 9.17) is 4.74 Å². The van der Waals surface area contributed by atoms with Gasteiger partial charge in [0.25, 0.3) is 0 Å². The second-order valence-electron chi connectivity index (χ2n) is 5.60. The van der Waals surface area contributed by atoms with Gasteiger partial charge in [0.05, 0.1) is 11.6 Å². The van der Waals surface area contributed by atoms with Crippen molar-refractivity contribution in [1.29, 1.82) is 0 Å². The van der Waals surface area contributed by atoms with Gasteiger partial charge >= 0.3 is 0 Å². The summed E-state index contributed by atoms with van der Waals surface area (Å²) in [6.07, 6.45) is 3.05. The number of ether oxygens (including phenoxy) is 1. The van der Waals surface area contributed by atoms with Crippen LogP contribution in [0.2, 0.25) is 0 Å². The highest BCUT2D eigenvalue weighted by atomic mass is 79.9. The van der Waals surface area contributed by atoms with Gasteiger partial charge in [-0.1, -0.05) is 13.8 Å². The molecule has 0 aliphatic rings. The van der Waals surface area contributed by atoms with Crippen molar-refractivity contribution in [2.75, 3.05) is 20.7 Å². The fourth-order valence-electron chi connectivity index (χ4n) is 2.02. The molecule has 4 heteroatoms. The molecule has 0 saturated carbocycles. The first-order valence-corrected chi connectivity index (χ1v) is 7.35. The number of hydrogen-bond acceptors (Lipinski definition) is 2. The highest BCUT2D eigenvalue weighted by Gasteiger charge is 2.18. The predicted octanol–water partition coefficient (Wildman–Crippen LogP) is 4.17. The molecule has 2 nitrogen and oxygen atoms in total. The molecule has 19 heavy (non-hydrogen) atoms. The van der Waals surface area contributed by atoms with E-state index in [9.17, 15) is 4.39 Å². The molecule has 0 radical (unpaired) electrons. The predicted molar refractivity (Wildman–Crippen MR) is 81.3 cm³/mol. The van der Waals surface area contributed by atoms with Crippen molar-refractivity contribution in [3.05, 3.63) is 28.0 Å². The smallest absolute Gasteiger partial charge is 0.141 e. The van der Waals surface area contributed by atoms with Gasteiger partial charge in [-0.25, -0.2) is 4.39 Å². The van der Waals surface area contributed by atoms with Crippen LogP contribution in [0.5, 0.6) is 5.75 Å². The third-order valence-electron chi connectivity index (χ3n) is 3.45. The molecule has 1 rings (SSSR count). The summed E-state index contributed by atoms with van der Waals surface area (Å²) in [5.41, 5.74) is 1.31. The minimum atomic E-state index is -0.282. The number of halogens is 2. The fraction of sp³-hybridized carbons (Fsp3) is 0.600. The standard InChI is InChI=1S/C15H23BrFNO/c1-15(2,7-8-18-3)6-5-11-9-12(16)13(17)10-14(11)19-4/h9-10,18H,5-8H2,1-4H3. The molecule has 0 fully saturated rings. The van der Waals surface area contributed by atoms with E-state index in [0.717, 1.165) is 31.4 Å². The molecule has 0 unspecified atom stereocenters. The zero-order chi connectivity index (χ0) is 14.5. The van der Waals surface area contributed by atoms with Crippen molar-refractivity contribution >= 4 is 15.9 Å². The molecular weight excluding hydrogens is 309 g/mol. The van der Waals surface area contributed by atoms with E-state index in [1.165, 1.54) is 6.07 Å². The molecule has 108 valence electrons. The molecule has 0 bridgehead atoms. The lowest BCUT2D eigenvalue weighted by atomic mass is 9.83. The zero-order valence-electron chi connectivity index (χ0n) is 12.1. The maximum Gasteiger partial charge on any atom is 0.141 e. The van der Waals surface area contributed by atoms with E-state index in [1.54, 1.807) is 7.11 Å². The Labute approximate surface area is 123 Å². The van der Waals surface area contributed by atoms with Gasteiger partial charge in [0, 0.05) is 6.07 Å². The van der Waals surface area contributed by atoms with Crippen molar-refractivity contribution in [3.8, 4) is 5.75 Å². The summed E-state index contributed by atoms with van der Waals surface area (Å²) in [4.78, 5) is 0. The fourth-order valence-corrected chi connectivity index (χ4v) is 2.41. The molecule has 1 aromatic carbocycles. The van der Waals surface area contributed by atoms with E-state index in [-0.39, 0.29) is 11.2 Å². The van der Waals surface area contributed by atoms with E-state index >= 15 is 0 Å².